The molecule has 5 heteroatoms. The molecule has 0 aromatic heterocycles. The Balaban J connectivity index is 2.48. The molecule has 0 aliphatic carbocycles. The zero-order chi connectivity index (χ0) is 12.4. The highest BCUT2D eigenvalue weighted by molar-refractivity contribution is 5.49. The number of nitrogens with one attached hydrogen (secondary N) is 1. The van der Waals surface area contributed by atoms with Crippen LogP contribution < -0.4 is 20.7 Å². The third kappa shape index (κ3) is 2.09. The number of methoxy groups -OCH3 is 2. The average molecular weight is 237 g/mol. The van der Waals surface area contributed by atoms with Crippen molar-refractivity contribution in [1.82, 2.24) is 10.3 Å². The molecule has 94 valence electrons. The topological polar surface area (TPSA) is 59.8 Å². The van der Waals surface area contributed by atoms with Gasteiger partial charge in [0.15, 0.2) is 11.5 Å². The van der Waals surface area contributed by atoms with E-state index in [9.17, 15) is 0 Å². The van der Waals surface area contributed by atoms with Gasteiger partial charge in [-0.05, 0) is 36.7 Å². The number of nitrogens with two attached hydrogens (primary N) is 1. The lowest BCUT2D eigenvalue weighted by atomic mass is 9.96. The summed E-state index contributed by atoms with van der Waals surface area (Å²) in [6.45, 7) is 0.970. The van der Waals surface area contributed by atoms with E-state index < -0.39 is 0 Å². The fraction of sp³-hybridized carbons (Fsp3) is 0.500. The highest BCUT2D eigenvalue weighted by Crippen LogP contribution is 2.36. The van der Waals surface area contributed by atoms with Crippen LogP contribution in [0.2, 0.25) is 0 Å². The van der Waals surface area contributed by atoms with Crippen LogP contribution in [0, 0.1) is 0 Å². The first kappa shape index (κ1) is 12.2. The van der Waals surface area contributed by atoms with Crippen LogP contribution in [0.5, 0.6) is 11.5 Å². The standard InChI is InChI=1S/C12H19N3O2/c1-15-5-4-8-6-10(16-2)11(17-3)7-9(8)12(15)14-13/h6-7,12,14H,4-5,13H2,1-3H3. The van der Waals surface area contributed by atoms with E-state index in [4.69, 9.17) is 15.3 Å². The minimum Gasteiger partial charge on any atom is -0.493 e. The van der Waals surface area contributed by atoms with Gasteiger partial charge in [0.05, 0.1) is 20.4 Å². The first-order valence-corrected chi connectivity index (χ1v) is 5.62. The Morgan fingerprint density at radius 3 is 2.53 bits per heavy atom. The third-order valence-corrected chi connectivity index (χ3v) is 3.27. The van der Waals surface area contributed by atoms with Gasteiger partial charge >= 0.3 is 0 Å². The molecule has 0 amide bonds. The molecule has 1 aromatic carbocycles. The van der Waals surface area contributed by atoms with Gasteiger partial charge in [-0.25, -0.2) is 5.43 Å². The van der Waals surface area contributed by atoms with Gasteiger partial charge in [-0.15, -0.1) is 0 Å². The van der Waals surface area contributed by atoms with Crippen molar-refractivity contribution in [2.24, 2.45) is 5.84 Å². The lowest BCUT2D eigenvalue weighted by Crippen LogP contribution is -2.43. The fourth-order valence-electron chi connectivity index (χ4n) is 2.29. The van der Waals surface area contributed by atoms with Crippen molar-refractivity contribution in [2.75, 3.05) is 27.8 Å². The highest BCUT2D eigenvalue weighted by Gasteiger charge is 2.25. The molecule has 1 aliphatic heterocycles. The first-order chi connectivity index (χ1) is 8.21. The van der Waals surface area contributed by atoms with Crippen LogP contribution in [-0.2, 0) is 6.42 Å². The summed E-state index contributed by atoms with van der Waals surface area (Å²) in [5.74, 6) is 7.11. The molecule has 17 heavy (non-hydrogen) atoms. The SMILES string of the molecule is COc1cc2c(cc1OC)C(NN)N(C)CC2. The normalized spacial score (nSPS) is 19.9. The van der Waals surface area contributed by atoms with E-state index >= 15 is 0 Å². The minimum atomic E-state index is 0.0264. The Kier molecular flexibility index (Phi) is 3.51. The molecule has 0 radical (unpaired) electrons. The number of fused-ring (bicyclic) bond motifs is 1. The lowest BCUT2D eigenvalue weighted by molar-refractivity contribution is 0.193. The molecule has 1 aromatic rings. The van der Waals surface area contributed by atoms with Gasteiger partial charge in [0.25, 0.3) is 0 Å². The summed E-state index contributed by atoms with van der Waals surface area (Å²) in [5.41, 5.74) is 5.23. The van der Waals surface area contributed by atoms with E-state index in [1.807, 2.05) is 19.2 Å². The molecule has 5 nitrogen and oxygen atoms in total. The van der Waals surface area contributed by atoms with Gasteiger partial charge in [-0.1, -0.05) is 0 Å². The predicted octanol–water partition coefficient (Wildman–Crippen LogP) is 0.654. The molecule has 0 saturated heterocycles. The zero-order valence-electron chi connectivity index (χ0n) is 10.5. The monoisotopic (exact) mass is 237 g/mol. The van der Waals surface area contributed by atoms with Gasteiger partial charge in [-0.3, -0.25) is 10.7 Å². The Labute approximate surface area is 101 Å². The van der Waals surface area contributed by atoms with E-state index in [1.54, 1.807) is 14.2 Å². The van der Waals surface area contributed by atoms with Gasteiger partial charge in [0.1, 0.15) is 0 Å². The van der Waals surface area contributed by atoms with Crippen molar-refractivity contribution in [2.45, 2.75) is 12.6 Å². The van der Waals surface area contributed by atoms with E-state index in [2.05, 4.69) is 10.3 Å². The average Bonchev–Trinajstić information content (AvgIpc) is 2.37. The van der Waals surface area contributed by atoms with Gasteiger partial charge in [-0.2, -0.15) is 0 Å². The largest absolute Gasteiger partial charge is 0.493 e. The van der Waals surface area contributed by atoms with Crippen molar-refractivity contribution in [3.05, 3.63) is 23.3 Å². The summed E-state index contributed by atoms with van der Waals surface area (Å²) in [6, 6.07) is 4.03. The van der Waals surface area contributed by atoms with Crippen LogP contribution >= 0.6 is 0 Å². The van der Waals surface area contributed by atoms with E-state index in [0.29, 0.717) is 0 Å². The quantitative estimate of drug-likeness (QED) is 0.597. The van der Waals surface area contributed by atoms with Crippen LogP contribution in [0.15, 0.2) is 12.1 Å². The molecular formula is C12H19N3O2. The maximum atomic E-state index is 5.61. The summed E-state index contributed by atoms with van der Waals surface area (Å²) in [7, 11) is 5.34. The second-order valence-corrected chi connectivity index (χ2v) is 4.21. The Morgan fingerprint density at radius 1 is 1.29 bits per heavy atom. The van der Waals surface area contributed by atoms with Crippen LogP contribution in [-0.4, -0.2) is 32.7 Å². The maximum absolute atomic E-state index is 5.61. The fourth-order valence-corrected chi connectivity index (χ4v) is 2.29. The molecule has 1 heterocycles. The molecule has 0 saturated carbocycles. The van der Waals surface area contributed by atoms with Gasteiger partial charge in [0.2, 0.25) is 0 Å². The van der Waals surface area contributed by atoms with E-state index in [0.717, 1.165) is 30.0 Å². The number of hydrogen-bond acceptors (Lipinski definition) is 5. The second-order valence-electron chi connectivity index (χ2n) is 4.21. The van der Waals surface area contributed by atoms with Crippen molar-refractivity contribution in [1.29, 1.82) is 0 Å². The number of hydrogen-bond donors (Lipinski definition) is 2. The van der Waals surface area contributed by atoms with Crippen LogP contribution in [0.1, 0.15) is 17.3 Å². The number of nitrogens with zero attached hydrogens (tertiary/aromatic N) is 1. The Morgan fingerprint density at radius 2 is 1.94 bits per heavy atom. The molecule has 1 unspecified atom stereocenters. The molecular weight excluding hydrogens is 218 g/mol. The molecule has 0 spiro atoms. The second kappa shape index (κ2) is 4.91. The number of hydrazine groups is 1. The van der Waals surface area contributed by atoms with Crippen LogP contribution in [0.4, 0.5) is 0 Å². The molecule has 1 aliphatic rings. The molecule has 3 N–H and O–H groups in total. The van der Waals surface area contributed by atoms with Crippen molar-refractivity contribution in [3.63, 3.8) is 0 Å². The van der Waals surface area contributed by atoms with Crippen molar-refractivity contribution >= 4 is 0 Å². The van der Waals surface area contributed by atoms with Crippen molar-refractivity contribution < 1.29 is 9.47 Å². The Bertz CT molecular complexity index is 409. The molecule has 2 rings (SSSR count). The summed E-state index contributed by atoms with van der Waals surface area (Å²) < 4.78 is 10.6. The number of benzene rings is 1. The maximum Gasteiger partial charge on any atom is 0.161 e. The lowest BCUT2D eigenvalue weighted by Gasteiger charge is -2.34. The van der Waals surface area contributed by atoms with Crippen LogP contribution in [0.3, 0.4) is 0 Å². The zero-order valence-corrected chi connectivity index (χ0v) is 10.5. The van der Waals surface area contributed by atoms with E-state index in [-0.39, 0.29) is 6.17 Å². The third-order valence-electron chi connectivity index (χ3n) is 3.27. The summed E-state index contributed by atoms with van der Waals surface area (Å²) in [5, 5.41) is 0. The molecule has 0 bridgehead atoms. The summed E-state index contributed by atoms with van der Waals surface area (Å²) >= 11 is 0. The smallest absolute Gasteiger partial charge is 0.161 e. The summed E-state index contributed by atoms with van der Waals surface area (Å²) in [6.07, 6.45) is 1.02. The van der Waals surface area contributed by atoms with Gasteiger partial charge in [0, 0.05) is 6.54 Å². The first-order valence-electron chi connectivity index (χ1n) is 5.62. The molecule has 1 atom stereocenters. The van der Waals surface area contributed by atoms with E-state index in [1.165, 1.54) is 5.56 Å². The highest BCUT2D eigenvalue weighted by atomic mass is 16.5. The van der Waals surface area contributed by atoms with Gasteiger partial charge < -0.3 is 9.47 Å². The number of likely N-dealkylation sites (N-methyl/N-ethyl adjacent to an activating group) is 1. The number of rotatable bonds is 3. The van der Waals surface area contributed by atoms with Crippen molar-refractivity contribution in [3.8, 4) is 11.5 Å². The minimum absolute atomic E-state index is 0.0264. The Hall–Kier alpha value is -1.30. The number of ether oxygens (including phenoxy) is 2. The predicted molar refractivity (Wildman–Crippen MR) is 65.9 cm³/mol. The van der Waals surface area contributed by atoms with Crippen LogP contribution in [0.25, 0.3) is 0 Å². The molecule has 0 fully saturated rings. The summed E-state index contributed by atoms with van der Waals surface area (Å²) in [4.78, 5) is 2.17.